The molecule has 0 aliphatic heterocycles. The first kappa shape index (κ1) is 13.5. The second kappa shape index (κ2) is 6.23. The summed E-state index contributed by atoms with van der Waals surface area (Å²) in [6.07, 6.45) is -0.605. The number of carboxylic acids is 1. The van der Waals surface area contributed by atoms with Gasteiger partial charge in [-0.2, -0.15) is 0 Å². The summed E-state index contributed by atoms with van der Waals surface area (Å²) in [6, 6.07) is 7.48. The van der Waals surface area contributed by atoms with Gasteiger partial charge in [-0.25, -0.2) is 9.18 Å². The van der Waals surface area contributed by atoms with Crippen LogP contribution in [-0.2, 0) is 11.2 Å². The summed E-state index contributed by atoms with van der Waals surface area (Å²) < 4.78 is 18.1. The SMILES string of the molecule is COc1ccc(CCC(C)C(F)C(=O)O)cc1. The number of halogens is 1. The summed E-state index contributed by atoms with van der Waals surface area (Å²) in [6.45, 7) is 1.61. The number of rotatable bonds is 6. The predicted molar refractivity (Wildman–Crippen MR) is 63.0 cm³/mol. The highest BCUT2D eigenvalue weighted by Gasteiger charge is 2.23. The van der Waals surface area contributed by atoms with E-state index in [-0.39, 0.29) is 0 Å². The summed E-state index contributed by atoms with van der Waals surface area (Å²) in [5.41, 5.74) is 1.05. The molecule has 0 amide bonds. The summed E-state index contributed by atoms with van der Waals surface area (Å²) in [5.74, 6) is -1.09. The van der Waals surface area contributed by atoms with Gasteiger partial charge in [0.2, 0.25) is 0 Å². The smallest absolute Gasteiger partial charge is 0.338 e. The maximum Gasteiger partial charge on any atom is 0.338 e. The van der Waals surface area contributed by atoms with Crippen molar-refractivity contribution in [2.45, 2.75) is 25.9 Å². The monoisotopic (exact) mass is 240 g/mol. The molecule has 17 heavy (non-hydrogen) atoms. The molecule has 94 valence electrons. The van der Waals surface area contributed by atoms with Crippen LogP contribution in [0.25, 0.3) is 0 Å². The van der Waals surface area contributed by atoms with Crippen LogP contribution < -0.4 is 4.74 Å². The zero-order chi connectivity index (χ0) is 12.8. The number of hydrogen-bond acceptors (Lipinski definition) is 2. The molecular weight excluding hydrogens is 223 g/mol. The minimum atomic E-state index is -1.78. The number of aryl methyl sites for hydroxylation is 1. The van der Waals surface area contributed by atoms with Gasteiger partial charge in [0.25, 0.3) is 0 Å². The van der Waals surface area contributed by atoms with E-state index in [2.05, 4.69) is 0 Å². The molecule has 0 heterocycles. The van der Waals surface area contributed by atoms with Crippen LogP contribution in [0.1, 0.15) is 18.9 Å². The first-order chi connectivity index (χ1) is 8.04. The molecule has 4 heteroatoms. The fraction of sp³-hybridized carbons (Fsp3) is 0.462. The molecular formula is C13H17FO3. The van der Waals surface area contributed by atoms with Gasteiger partial charge in [0.05, 0.1) is 7.11 Å². The molecule has 0 fully saturated rings. The van der Waals surface area contributed by atoms with E-state index < -0.39 is 18.1 Å². The van der Waals surface area contributed by atoms with Crippen LogP contribution in [0.15, 0.2) is 24.3 Å². The first-order valence-corrected chi connectivity index (χ1v) is 5.54. The van der Waals surface area contributed by atoms with Crippen molar-refractivity contribution in [2.24, 2.45) is 5.92 Å². The maximum atomic E-state index is 13.1. The predicted octanol–water partition coefficient (Wildman–Crippen LogP) is 2.69. The lowest BCUT2D eigenvalue weighted by Gasteiger charge is -2.12. The number of alkyl halides is 1. The van der Waals surface area contributed by atoms with Gasteiger partial charge in [0, 0.05) is 0 Å². The molecule has 0 aromatic heterocycles. The Kier molecular flexibility index (Phi) is 4.94. The number of benzene rings is 1. The highest BCUT2D eigenvalue weighted by atomic mass is 19.1. The van der Waals surface area contributed by atoms with Crippen molar-refractivity contribution in [3.63, 3.8) is 0 Å². The van der Waals surface area contributed by atoms with Crippen molar-refractivity contribution in [1.29, 1.82) is 0 Å². The molecule has 1 aromatic carbocycles. The lowest BCUT2D eigenvalue weighted by molar-refractivity contribution is -0.144. The number of carbonyl (C=O) groups is 1. The van der Waals surface area contributed by atoms with Crippen LogP contribution in [0.3, 0.4) is 0 Å². The Morgan fingerprint density at radius 3 is 2.47 bits per heavy atom. The second-order valence-corrected chi connectivity index (χ2v) is 4.10. The van der Waals surface area contributed by atoms with Crippen molar-refractivity contribution in [3.05, 3.63) is 29.8 Å². The van der Waals surface area contributed by atoms with E-state index in [1.807, 2.05) is 24.3 Å². The Balaban J connectivity index is 2.47. The Morgan fingerprint density at radius 1 is 1.41 bits per heavy atom. The molecule has 2 atom stereocenters. The Morgan fingerprint density at radius 2 is 2.00 bits per heavy atom. The van der Waals surface area contributed by atoms with Crippen molar-refractivity contribution >= 4 is 5.97 Å². The fourth-order valence-corrected chi connectivity index (χ4v) is 1.58. The lowest BCUT2D eigenvalue weighted by Crippen LogP contribution is -2.23. The third-order valence-corrected chi connectivity index (χ3v) is 2.78. The van der Waals surface area contributed by atoms with Crippen LogP contribution in [0.2, 0.25) is 0 Å². The Labute approximate surface area is 100 Å². The largest absolute Gasteiger partial charge is 0.497 e. The van der Waals surface area contributed by atoms with Gasteiger partial charge >= 0.3 is 5.97 Å². The summed E-state index contributed by atoms with van der Waals surface area (Å²) in [4.78, 5) is 10.4. The Hall–Kier alpha value is -1.58. The van der Waals surface area contributed by atoms with Crippen molar-refractivity contribution < 1.29 is 19.0 Å². The van der Waals surface area contributed by atoms with Gasteiger partial charge in [-0.05, 0) is 36.5 Å². The van der Waals surface area contributed by atoms with Crippen LogP contribution in [0.5, 0.6) is 5.75 Å². The van der Waals surface area contributed by atoms with Crippen LogP contribution in [0, 0.1) is 5.92 Å². The number of ether oxygens (including phenoxy) is 1. The zero-order valence-corrected chi connectivity index (χ0v) is 10.0. The molecule has 2 unspecified atom stereocenters. The number of carboxylic acid groups (broad SMARTS) is 1. The average molecular weight is 240 g/mol. The quantitative estimate of drug-likeness (QED) is 0.831. The fourth-order valence-electron chi connectivity index (χ4n) is 1.58. The van der Waals surface area contributed by atoms with Crippen molar-refractivity contribution in [1.82, 2.24) is 0 Å². The van der Waals surface area contributed by atoms with Gasteiger partial charge in [-0.3, -0.25) is 0 Å². The molecule has 1 rings (SSSR count). The molecule has 0 saturated heterocycles. The molecule has 3 nitrogen and oxygen atoms in total. The number of hydrogen-bond donors (Lipinski definition) is 1. The van der Waals surface area contributed by atoms with Crippen LogP contribution in [-0.4, -0.2) is 24.4 Å². The third-order valence-electron chi connectivity index (χ3n) is 2.78. The highest BCUT2D eigenvalue weighted by Crippen LogP contribution is 2.18. The van der Waals surface area contributed by atoms with Gasteiger partial charge in [0.1, 0.15) is 5.75 Å². The number of methoxy groups -OCH3 is 1. The van der Waals surface area contributed by atoms with Crippen molar-refractivity contribution in [2.75, 3.05) is 7.11 Å². The van der Waals surface area contributed by atoms with Crippen LogP contribution >= 0.6 is 0 Å². The summed E-state index contributed by atoms with van der Waals surface area (Å²) in [5, 5.41) is 8.53. The van der Waals surface area contributed by atoms with Gasteiger partial charge < -0.3 is 9.84 Å². The molecule has 1 N–H and O–H groups in total. The van der Waals surface area contributed by atoms with Gasteiger partial charge in [0.15, 0.2) is 6.17 Å². The summed E-state index contributed by atoms with van der Waals surface area (Å²) in [7, 11) is 1.59. The molecule has 0 bridgehead atoms. The molecule has 0 saturated carbocycles. The third kappa shape index (κ3) is 4.06. The zero-order valence-electron chi connectivity index (χ0n) is 10.0. The molecule has 1 aromatic rings. The second-order valence-electron chi connectivity index (χ2n) is 4.10. The topological polar surface area (TPSA) is 46.5 Å². The van der Waals surface area contributed by atoms with Gasteiger partial charge in [-0.15, -0.1) is 0 Å². The van der Waals surface area contributed by atoms with E-state index in [1.54, 1.807) is 14.0 Å². The lowest BCUT2D eigenvalue weighted by atomic mass is 9.97. The average Bonchev–Trinajstić information content (AvgIpc) is 2.35. The van der Waals surface area contributed by atoms with Gasteiger partial charge in [-0.1, -0.05) is 19.1 Å². The number of aliphatic carboxylic acids is 1. The first-order valence-electron chi connectivity index (χ1n) is 5.54. The van der Waals surface area contributed by atoms with E-state index in [0.29, 0.717) is 12.8 Å². The minimum Gasteiger partial charge on any atom is -0.497 e. The van der Waals surface area contributed by atoms with E-state index in [0.717, 1.165) is 11.3 Å². The van der Waals surface area contributed by atoms with Crippen LogP contribution in [0.4, 0.5) is 4.39 Å². The minimum absolute atomic E-state index is 0.477. The normalized spacial score (nSPS) is 14.1. The molecule has 0 spiro atoms. The van der Waals surface area contributed by atoms with Crippen molar-refractivity contribution in [3.8, 4) is 5.75 Å². The molecule has 0 aliphatic carbocycles. The standard InChI is InChI=1S/C13H17FO3/c1-9(12(14)13(15)16)3-4-10-5-7-11(17-2)8-6-10/h5-9,12H,3-4H2,1-2H3,(H,15,16). The van der Waals surface area contributed by atoms with E-state index in [4.69, 9.17) is 9.84 Å². The highest BCUT2D eigenvalue weighted by molar-refractivity contribution is 5.72. The van der Waals surface area contributed by atoms with E-state index >= 15 is 0 Å². The van der Waals surface area contributed by atoms with E-state index in [1.165, 1.54) is 0 Å². The Bertz CT molecular complexity index is 361. The maximum absolute atomic E-state index is 13.1. The van der Waals surface area contributed by atoms with E-state index in [9.17, 15) is 9.18 Å². The summed E-state index contributed by atoms with van der Waals surface area (Å²) >= 11 is 0. The molecule has 0 aliphatic rings. The molecule has 0 radical (unpaired) electrons.